The molecule has 0 bridgehead atoms. The predicted molar refractivity (Wildman–Crippen MR) is 59.8 cm³/mol. The quantitative estimate of drug-likeness (QED) is 0.378. The fraction of sp³-hybridized carbons (Fsp3) is 1.00. The third-order valence-electron chi connectivity index (χ3n) is 2.22. The molecule has 0 spiro atoms. The Labute approximate surface area is 104 Å². The van der Waals surface area contributed by atoms with E-state index in [4.69, 9.17) is 4.89 Å². The van der Waals surface area contributed by atoms with Crippen LogP contribution in [0.25, 0.3) is 0 Å². The summed E-state index contributed by atoms with van der Waals surface area (Å²) < 4.78 is 14.8. The van der Waals surface area contributed by atoms with Gasteiger partial charge in [0.1, 0.15) is 0 Å². The van der Waals surface area contributed by atoms with Crippen molar-refractivity contribution in [1.29, 1.82) is 0 Å². The van der Waals surface area contributed by atoms with E-state index < -0.39 is 8.25 Å². The Balaban J connectivity index is 0. The van der Waals surface area contributed by atoms with E-state index >= 15 is 0 Å². The second-order valence-corrected chi connectivity index (χ2v) is 4.41. The van der Waals surface area contributed by atoms with Crippen molar-refractivity contribution in [3.05, 3.63) is 0 Å². The van der Waals surface area contributed by atoms with Crippen molar-refractivity contribution in [3.8, 4) is 0 Å². The minimum atomic E-state index is -2.69. The molecule has 0 heterocycles. The van der Waals surface area contributed by atoms with Gasteiger partial charge in [0.2, 0.25) is 0 Å². The van der Waals surface area contributed by atoms with Crippen LogP contribution in [0.15, 0.2) is 0 Å². The maximum atomic E-state index is 10.2. The third kappa shape index (κ3) is 17.3. The zero-order valence-corrected chi connectivity index (χ0v) is 11.6. The van der Waals surface area contributed by atoms with Gasteiger partial charge in [-0.25, -0.2) is 0 Å². The minimum Gasteiger partial charge on any atom is -0.326 e. The Morgan fingerprint density at radius 2 is 1.47 bits per heavy atom. The van der Waals surface area contributed by atoms with Crippen molar-refractivity contribution in [3.63, 3.8) is 0 Å². The first-order chi connectivity index (χ1) is 6.77. The van der Waals surface area contributed by atoms with Gasteiger partial charge < -0.3 is 9.42 Å². The van der Waals surface area contributed by atoms with Crippen molar-refractivity contribution < 1.29 is 31.1 Å². The average Bonchev–Trinajstić information content (AvgIpc) is 2.15. The van der Waals surface area contributed by atoms with Crippen LogP contribution in [0, 0.1) is 0 Å². The van der Waals surface area contributed by atoms with E-state index in [0.717, 1.165) is 12.8 Å². The molecule has 0 amide bonds. The molecule has 0 aromatic heterocycles. The summed E-state index contributed by atoms with van der Waals surface area (Å²) in [5.74, 6) is 0. The van der Waals surface area contributed by atoms with Gasteiger partial charge in [-0.15, -0.1) is 0 Å². The molecule has 3 nitrogen and oxygen atoms in total. The molecule has 0 aliphatic carbocycles. The monoisotopic (exact) mass is 278 g/mol. The van der Waals surface area contributed by atoms with E-state index in [2.05, 4.69) is 11.4 Å². The fourth-order valence-corrected chi connectivity index (χ4v) is 1.71. The third-order valence-corrected chi connectivity index (χ3v) is 2.67. The largest absolute Gasteiger partial charge is 0.326 e. The Kier molecular flexibility index (Phi) is 17.6. The molecule has 1 atom stereocenters. The molecule has 0 saturated heterocycles. The van der Waals surface area contributed by atoms with E-state index in [-0.39, 0.29) is 17.1 Å². The molecule has 1 unspecified atom stereocenters. The van der Waals surface area contributed by atoms with Gasteiger partial charge in [-0.2, -0.15) is 0 Å². The molecule has 0 fully saturated rings. The van der Waals surface area contributed by atoms with E-state index in [0.29, 0.717) is 6.61 Å². The Morgan fingerprint density at radius 1 is 1.00 bits per heavy atom. The molecule has 15 heavy (non-hydrogen) atoms. The topological polar surface area (TPSA) is 46.5 Å². The fourth-order valence-electron chi connectivity index (χ4n) is 1.40. The molecule has 0 radical (unpaired) electrons. The van der Waals surface area contributed by atoms with Crippen molar-refractivity contribution in [1.82, 2.24) is 0 Å². The van der Waals surface area contributed by atoms with E-state index in [1.807, 2.05) is 0 Å². The Morgan fingerprint density at radius 3 is 1.93 bits per heavy atom. The molecular weight excluding hydrogens is 255 g/mol. The standard InChI is InChI=1S/C10H23O3P.Fe/c1-2-3-4-5-6-7-8-9-10-13-14(11)12;/h14H,2-10H2,1H3,(H,11,12);. The molecule has 1 N–H and O–H groups in total. The summed E-state index contributed by atoms with van der Waals surface area (Å²) >= 11 is 0. The van der Waals surface area contributed by atoms with Crippen molar-refractivity contribution in [2.75, 3.05) is 6.61 Å². The average molecular weight is 278 g/mol. The van der Waals surface area contributed by atoms with Crippen LogP contribution in [-0.2, 0) is 26.2 Å². The maximum Gasteiger partial charge on any atom is 0.316 e. The number of unbranched alkanes of at least 4 members (excludes halogenated alkanes) is 7. The van der Waals surface area contributed by atoms with Gasteiger partial charge in [0, 0.05) is 17.1 Å². The summed E-state index contributed by atoms with van der Waals surface area (Å²) in [4.78, 5) is 8.38. The summed E-state index contributed by atoms with van der Waals surface area (Å²) in [6, 6.07) is 0. The van der Waals surface area contributed by atoms with Crippen LogP contribution < -0.4 is 0 Å². The van der Waals surface area contributed by atoms with Crippen LogP contribution in [0.5, 0.6) is 0 Å². The predicted octanol–water partition coefficient (Wildman–Crippen LogP) is 3.52. The molecule has 0 aromatic carbocycles. The SMILES string of the molecule is CCCCCCCCCCO[PH](=O)O.[Fe]. The first kappa shape index (κ1) is 18.0. The molecule has 0 aliphatic heterocycles. The van der Waals surface area contributed by atoms with Crippen LogP contribution >= 0.6 is 8.25 Å². The number of hydrogen-bond acceptors (Lipinski definition) is 2. The van der Waals surface area contributed by atoms with Crippen molar-refractivity contribution in [2.45, 2.75) is 58.3 Å². The van der Waals surface area contributed by atoms with Crippen LogP contribution in [0.2, 0.25) is 0 Å². The number of rotatable bonds is 10. The zero-order valence-electron chi connectivity index (χ0n) is 9.48. The van der Waals surface area contributed by atoms with Gasteiger partial charge in [0.25, 0.3) is 0 Å². The van der Waals surface area contributed by atoms with Gasteiger partial charge >= 0.3 is 8.25 Å². The van der Waals surface area contributed by atoms with E-state index in [1.165, 1.54) is 38.5 Å². The molecule has 5 heteroatoms. The van der Waals surface area contributed by atoms with Crippen LogP contribution in [0.3, 0.4) is 0 Å². The van der Waals surface area contributed by atoms with Crippen LogP contribution in [-0.4, -0.2) is 11.5 Å². The summed E-state index contributed by atoms with van der Waals surface area (Å²) in [6.45, 7) is 2.65. The van der Waals surface area contributed by atoms with Crippen LogP contribution in [0.1, 0.15) is 58.3 Å². The van der Waals surface area contributed by atoms with E-state index in [1.54, 1.807) is 0 Å². The molecule has 94 valence electrons. The number of hydrogen-bond donors (Lipinski definition) is 1. The summed E-state index contributed by atoms with van der Waals surface area (Å²) in [7, 11) is -2.69. The smallest absolute Gasteiger partial charge is 0.316 e. The normalized spacial score (nSPS) is 12.1. The Bertz CT molecular complexity index is 145. The Hall–Kier alpha value is 0.669. The first-order valence-electron chi connectivity index (χ1n) is 5.63. The maximum absolute atomic E-state index is 10.2. The molecular formula is C10H23FeO3P. The van der Waals surface area contributed by atoms with Gasteiger partial charge in [-0.3, -0.25) is 4.57 Å². The summed E-state index contributed by atoms with van der Waals surface area (Å²) in [6.07, 6.45) is 9.83. The molecule has 0 aromatic rings. The van der Waals surface area contributed by atoms with Crippen molar-refractivity contribution >= 4 is 8.25 Å². The first-order valence-corrected chi connectivity index (χ1v) is 6.89. The second kappa shape index (κ2) is 14.7. The summed E-state index contributed by atoms with van der Waals surface area (Å²) in [5, 5.41) is 0. The van der Waals surface area contributed by atoms with Gasteiger partial charge in [0.05, 0.1) is 6.61 Å². The van der Waals surface area contributed by atoms with Gasteiger partial charge in [0.15, 0.2) is 0 Å². The molecule has 0 aliphatic rings. The van der Waals surface area contributed by atoms with E-state index in [9.17, 15) is 4.57 Å². The summed E-state index contributed by atoms with van der Waals surface area (Å²) in [5.41, 5.74) is 0. The van der Waals surface area contributed by atoms with Crippen molar-refractivity contribution in [2.24, 2.45) is 0 Å². The minimum absolute atomic E-state index is 0. The molecule has 0 rings (SSSR count). The second-order valence-electron chi connectivity index (χ2n) is 3.59. The zero-order chi connectivity index (χ0) is 10.6. The van der Waals surface area contributed by atoms with Gasteiger partial charge in [-0.05, 0) is 6.42 Å². The molecule has 0 saturated carbocycles. The van der Waals surface area contributed by atoms with Crippen LogP contribution in [0.4, 0.5) is 0 Å². The van der Waals surface area contributed by atoms with Gasteiger partial charge in [-0.1, -0.05) is 51.9 Å².